The zero-order valence-corrected chi connectivity index (χ0v) is 36.2. The predicted molar refractivity (Wildman–Crippen MR) is 245 cm³/mol. The van der Waals surface area contributed by atoms with Gasteiger partial charge >= 0.3 is 0 Å². The van der Waals surface area contributed by atoms with E-state index in [9.17, 15) is 0 Å². The molecular weight excluding hydrogens is 709 g/mol. The van der Waals surface area contributed by atoms with E-state index in [1.54, 1.807) is 0 Å². The van der Waals surface area contributed by atoms with Crippen LogP contribution in [0, 0.1) is 5.41 Å². The number of benzene rings is 5. The molecule has 5 nitrogen and oxygen atoms in total. The van der Waals surface area contributed by atoms with Gasteiger partial charge in [-0.05, 0) is 81.6 Å². The first-order valence-electron chi connectivity index (χ1n) is 20.6. The molecule has 1 aliphatic heterocycles. The third-order valence-corrected chi connectivity index (χ3v) is 11.8. The molecule has 0 saturated heterocycles. The summed E-state index contributed by atoms with van der Waals surface area (Å²) in [6.07, 6.45) is 4.27. The fraction of sp³-hybridized carbons (Fsp3) is 0.302. The Morgan fingerprint density at radius 1 is 0.534 bits per heavy atom. The molecule has 0 fully saturated rings. The minimum atomic E-state index is -0.145. The van der Waals surface area contributed by atoms with Crippen molar-refractivity contribution in [2.75, 3.05) is 16.5 Å². The van der Waals surface area contributed by atoms with Crippen LogP contribution >= 0.6 is 0 Å². The summed E-state index contributed by atoms with van der Waals surface area (Å²) >= 11 is 0. The fourth-order valence-electron chi connectivity index (χ4n) is 8.38. The van der Waals surface area contributed by atoms with Crippen LogP contribution in [-0.2, 0) is 16.2 Å². The van der Waals surface area contributed by atoms with E-state index in [0.717, 1.165) is 34.0 Å². The molecule has 0 unspecified atom stereocenters. The number of allylic oxidation sites excluding steroid dienone is 1. The summed E-state index contributed by atoms with van der Waals surface area (Å²) in [6, 6.07) is 45.9. The van der Waals surface area contributed by atoms with Crippen molar-refractivity contribution in [2.24, 2.45) is 5.41 Å². The summed E-state index contributed by atoms with van der Waals surface area (Å²) in [5.41, 5.74) is 10.5. The van der Waals surface area contributed by atoms with Crippen LogP contribution < -0.4 is 14.5 Å². The molecule has 0 aliphatic carbocycles. The Hall–Kier alpha value is -5.81. The largest absolute Gasteiger partial charge is 0.457 e. The molecular formula is C53H58N4O. The average molecular weight is 767 g/mol. The number of anilines is 2. The number of aromatic nitrogens is 2. The van der Waals surface area contributed by atoms with Crippen molar-refractivity contribution in [3.8, 4) is 17.3 Å². The molecule has 2 aromatic heterocycles. The van der Waals surface area contributed by atoms with Gasteiger partial charge in [0.05, 0.1) is 17.7 Å². The van der Waals surface area contributed by atoms with Gasteiger partial charge in [-0.3, -0.25) is 4.57 Å². The molecule has 0 radical (unpaired) electrons. The van der Waals surface area contributed by atoms with Gasteiger partial charge in [0.2, 0.25) is 0 Å². The number of ether oxygens (including phenoxy) is 1. The molecule has 0 bridgehead atoms. The molecule has 0 N–H and O–H groups in total. The van der Waals surface area contributed by atoms with Crippen LogP contribution in [0.5, 0.6) is 11.5 Å². The number of nitrogens with zero attached hydrogens (tertiary/aromatic N) is 4. The molecule has 0 amide bonds. The van der Waals surface area contributed by atoms with Crippen LogP contribution in [0.15, 0.2) is 145 Å². The molecule has 0 spiro atoms. The van der Waals surface area contributed by atoms with E-state index in [-0.39, 0.29) is 21.7 Å². The molecule has 296 valence electrons. The van der Waals surface area contributed by atoms with Gasteiger partial charge in [0.1, 0.15) is 17.3 Å². The van der Waals surface area contributed by atoms with Crippen molar-refractivity contribution in [3.63, 3.8) is 0 Å². The molecule has 58 heavy (non-hydrogen) atoms. The van der Waals surface area contributed by atoms with Gasteiger partial charge in [-0.25, -0.2) is 4.98 Å². The van der Waals surface area contributed by atoms with Gasteiger partial charge in [-0.2, -0.15) is 0 Å². The van der Waals surface area contributed by atoms with E-state index in [1.807, 2.05) is 6.20 Å². The maximum Gasteiger partial charge on any atom is 0.137 e. The zero-order valence-electron chi connectivity index (χ0n) is 36.2. The summed E-state index contributed by atoms with van der Waals surface area (Å²) in [5.74, 6) is 2.51. The van der Waals surface area contributed by atoms with E-state index < -0.39 is 0 Å². The second-order valence-electron chi connectivity index (χ2n) is 19.6. The van der Waals surface area contributed by atoms with Crippen LogP contribution in [0.2, 0.25) is 0 Å². The van der Waals surface area contributed by atoms with E-state index >= 15 is 0 Å². The third-order valence-electron chi connectivity index (χ3n) is 11.8. The zero-order chi connectivity index (χ0) is 41.2. The average Bonchev–Trinajstić information content (AvgIpc) is 3.79. The smallest absolute Gasteiger partial charge is 0.137 e. The minimum Gasteiger partial charge on any atom is -0.457 e. The van der Waals surface area contributed by atoms with E-state index in [0.29, 0.717) is 6.67 Å². The van der Waals surface area contributed by atoms with Crippen molar-refractivity contribution < 1.29 is 4.74 Å². The Morgan fingerprint density at radius 3 is 1.95 bits per heavy atom. The maximum atomic E-state index is 6.92. The highest BCUT2D eigenvalue weighted by atomic mass is 16.5. The lowest BCUT2D eigenvalue weighted by atomic mass is 9.78. The number of para-hydroxylation sites is 1. The van der Waals surface area contributed by atoms with Gasteiger partial charge in [-0.15, -0.1) is 0 Å². The Labute approximate surface area is 345 Å². The summed E-state index contributed by atoms with van der Waals surface area (Å²) in [5, 5.41) is 2.45. The number of fused-ring (bicyclic) bond motifs is 3. The first kappa shape index (κ1) is 39.0. The van der Waals surface area contributed by atoms with Gasteiger partial charge in [0, 0.05) is 63.2 Å². The van der Waals surface area contributed by atoms with Gasteiger partial charge in [0.25, 0.3) is 0 Å². The van der Waals surface area contributed by atoms with E-state index in [1.165, 1.54) is 44.4 Å². The lowest BCUT2D eigenvalue weighted by Gasteiger charge is -2.31. The highest BCUT2D eigenvalue weighted by molar-refractivity contribution is 6.11. The summed E-state index contributed by atoms with van der Waals surface area (Å²) in [7, 11) is 0. The molecule has 5 heteroatoms. The van der Waals surface area contributed by atoms with Gasteiger partial charge < -0.3 is 14.5 Å². The Balaban J connectivity index is 1.17. The third kappa shape index (κ3) is 7.28. The van der Waals surface area contributed by atoms with E-state index in [2.05, 4.69) is 224 Å². The summed E-state index contributed by atoms with van der Waals surface area (Å²) < 4.78 is 9.23. The molecule has 0 saturated carbocycles. The molecule has 7 aromatic rings. The van der Waals surface area contributed by atoms with Gasteiger partial charge in [0.15, 0.2) is 0 Å². The van der Waals surface area contributed by atoms with Crippen molar-refractivity contribution in [2.45, 2.75) is 92.4 Å². The van der Waals surface area contributed by atoms with Crippen LogP contribution in [0.3, 0.4) is 0 Å². The topological polar surface area (TPSA) is 33.5 Å². The van der Waals surface area contributed by atoms with E-state index in [4.69, 9.17) is 9.72 Å². The second-order valence-corrected chi connectivity index (χ2v) is 19.6. The molecule has 8 rings (SSSR count). The fourth-order valence-corrected chi connectivity index (χ4v) is 8.38. The van der Waals surface area contributed by atoms with Crippen LogP contribution in [0.1, 0.15) is 98.4 Å². The Bertz CT molecular complexity index is 2660. The van der Waals surface area contributed by atoms with Crippen LogP contribution in [-0.4, -0.2) is 16.2 Å². The highest BCUT2D eigenvalue weighted by Crippen LogP contribution is 2.44. The first-order chi connectivity index (χ1) is 27.4. The number of pyridine rings is 1. The van der Waals surface area contributed by atoms with Crippen molar-refractivity contribution in [1.29, 1.82) is 0 Å². The molecule has 5 aromatic carbocycles. The van der Waals surface area contributed by atoms with Crippen molar-refractivity contribution >= 4 is 33.2 Å². The minimum absolute atomic E-state index is 0.00988. The molecule has 0 atom stereocenters. The number of hydrogen-bond acceptors (Lipinski definition) is 4. The Morgan fingerprint density at radius 2 is 1.22 bits per heavy atom. The van der Waals surface area contributed by atoms with Crippen molar-refractivity contribution in [1.82, 2.24) is 9.55 Å². The lowest BCUT2D eigenvalue weighted by molar-refractivity contribution is 0.478. The molecule has 3 heterocycles. The summed E-state index contributed by atoms with van der Waals surface area (Å²) in [6.45, 7) is 25.8. The lowest BCUT2D eigenvalue weighted by Crippen LogP contribution is -2.30. The Kier molecular flexibility index (Phi) is 9.58. The standard InChI is InChI=1S/C53H58N4O/c1-50(2,3)37-27-28-54-48(30-37)57-45-26-16-15-25-43(45)49-44(51(4,5)6)32-42(33-46(49)57)58-41-24-18-23-40(31-41)56-35-55(34-47(56)52(7,8)9)39-22-17-21-38(29-39)53(10,11)36-19-13-12-14-20-36/h12-34H,35H2,1-11H3. The molecule has 1 aliphatic rings. The first-order valence-corrected chi connectivity index (χ1v) is 20.6. The van der Waals surface area contributed by atoms with Crippen LogP contribution in [0.25, 0.3) is 27.6 Å². The second kappa shape index (κ2) is 14.2. The maximum absolute atomic E-state index is 6.92. The predicted octanol–water partition coefficient (Wildman–Crippen LogP) is 14.1. The quantitative estimate of drug-likeness (QED) is 0.162. The SMILES string of the molecule is CC(C)(C)C1=CN(c2cccc(C(C)(C)c3ccccc3)c2)CN1c1cccc(Oc2cc(C(C)(C)C)c3c4ccccc4n(-c4cc(C(C)(C)C)ccn4)c3c2)c1. The normalized spacial score (nSPS) is 14.1. The summed E-state index contributed by atoms with van der Waals surface area (Å²) in [4.78, 5) is 9.76. The monoisotopic (exact) mass is 766 g/mol. The number of rotatable bonds is 7. The van der Waals surface area contributed by atoms with Crippen molar-refractivity contribution in [3.05, 3.63) is 168 Å². The van der Waals surface area contributed by atoms with Gasteiger partial charge in [-0.1, -0.05) is 143 Å². The number of hydrogen-bond donors (Lipinski definition) is 0. The van der Waals surface area contributed by atoms with Crippen LogP contribution in [0.4, 0.5) is 11.4 Å². The highest BCUT2D eigenvalue weighted by Gasteiger charge is 2.33.